The van der Waals surface area contributed by atoms with Crippen LogP contribution < -0.4 is 10.1 Å². The molecule has 240 valence electrons. The minimum Gasteiger partial charge on any atom is -0.496 e. The number of allylic oxidation sites excluding steroid dienone is 1. The number of rotatable bonds is 7. The predicted octanol–water partition coefficient (Wildman–Crippen LogP) is 7.93. The molecular weight excluding hydrogens is 611 g/mol. The maximum Gasteiger partial charge on any atom is 0.416 e. The largest absolute Gasteiger partial charge is 0.496 e. The zero-order chi connectivity index (χ0) is 32.6. The Bertz CT molecular complexity index is 1420. The number of benzene rings is 2. The zero-order valence-electron chi connectivity index (χ0n) is 23.3. The quantitative estimate of drug-likeness (QED) is 0.313. The van der Waals surface area contributed by atoms with Crippen LogP contribution in [0.3, 0.4) is 0 Å². The van der Waals surface area contributed by atoms with Crippen LogP contribution in [0, 0.1) is 0 Å². The third-order valence-corrected chi connectivity index (χ3v) is 7.51. The Kier molecular flexibility index (Phi) is 9.17. The van der Waals surface area contributed by atoms with E-state index in [1.165, 1.54) is 37.1 Å². The normalized spacial score (nSPS) is 19.7. The van der Waals surface area contributed by atoms with Crippen LogP contribution in [0.15, 0.2) is 42.0 Å². The van der Waals surface area contributed by atoms with E-state index in [-0.39, 0.29) is 18.2 Å². The molecule has 0 unspecified atom stereocenters. The van der Waals surface area contributed by atoms with E-state index in [1.54, 1.807) is 5.32 Å². The molecule has 1 saturated heterocycles. The van der Waals surface area contributed by atoms with Crippen molar-refractivity contribution in [2.45, 2.75) is 63.3 Å². The first-order valence-electron chi connectivity index (χ1n) is 13.4. The van der Waals surface area contributed by atoms with Gasteiger partial charge in [-0.1, -0.05) is 0 Å². The SMILES string of the molecule is COc1ccc(C(=O)NCC(F)(F)F)cc1C1=C(CN2C(=O)O[C@H](c3cc(C(F)(F)F)cc(C(F)(F)F)c3)[C@@H]2C)CCCC1. The molecule has 6 nitrogen and oxygen atoms in total. The Morgan fingerprint density at radius 3 is 2.14 bits per heavy atom. The first kappa shape index (κ1) is 33.0. The number of carbonyl (C=O) groups is 2. The summed E-state index contributed by atoms with van der Waals surface area (Å²) in [4.78, 5) is 26.6. The van der Waals surface area contributed by atoms with E-state index in [1.807, 2.05) is 0 Å². The number of hydrogen-bond acceptors (Lipinski definition) is 4. The van der Waals surface area contributed by atoms with E-state index in [0.29, 0.717) is 60.3 Å². The molecule has 2 amide bonds. The molecule has 1 N–H and O–H groups in total. The van der Waals surface area contributed by atoms with Gasteiger partial charge in [-0.25, -0.2) is 4.79 Å². The lowest BCUT2D eigenvalue weighted by molar-refractivity contribution is -0.143. The summed E-state index contributed by atoms with van der Waals surface area (Å²) in [6, 6.07) is 4.17. The predicted molar refractivity (Wildman–Crippen MR) is 139 cm³/mol. The van der Waals surface area contributed by atoms with Crippen molar-refractivity contribution in [1.29, 1.82) is 0 Å². The van der Waals surface area contributed by atoms with Gasteiger partial charge in [0, 0.05) is 17.7 Å². The van der Waals surface area contributed by atoms with E-state index in [0.717, 1.165) is 0 Å². The fourth-order valence-corrected chi connectivity index (χ4v) is 5.34. The molecule has 0 spiro atoms. The third kappa shape index (κ3) is 7.41. The molecule has 1 aliphatic heterocycles. The van der Waals surface area contributed by atoms with Gasteiger partial charge in [0.1, 0.15) is 18.4 Å². The number of ether oxygens (including phenoxy) is 2. The molecule has 0 bridgehead atoms. The van der Waals surface area contributed by atoms with Crippen molar-refractivity contribution in [3.8, 4) is 5.75 Å². The molecule has 1 heterocycles. The summed E-state index contributed by atoms with van der Waals surface area (Å²) in [7, 11) is 1.36. The minimum absolute atomic E-state index is 0.00722. The molecule has 15 heteroatoms. The average molecular weight is 639 g/mol. The first-order chi connectivity index (χ1) is 20.4. The molecule has 2 aromatic rings. The molecule has 4 rings (SSSR count). The minimum atomic E-state index is -5.08. The van der Waals surface area contributed by atoms with E-state index < -0.39 is 65.9 Å². The number of halogens is 9. The first-order valence-corrected chi connectivity index (χ1v) is 13.4. The van der Waals surface area contributed by atoms with Gasteiger partial charge in [-0.3, -0.25) is 9.69 Å². The standard InChI is InChI=1S/C29H27F9N2O4/c1-15-24(18-9-19(28(33,34)35)12-20(10-18)29(36,37)38)44-26(42)40(15)13-17-5-3-4-6-21(17)22-11-16(7-8-23(22)43-2)25(41)39-14-27(30,31)32/h7-12,15,24H,3-6,13-14H2,1-2H3,(H,39,41)/t15-,24-/m0/s1. The van der Waals surface area contributed by atoms with Crippen molar-refractivity contribution < 1.29 is 58.6 Å². The molecule has 1 aliphatic carbocycles. The van der Waals surface area contributed by atoms with Gasteiger partial charge < -0.3 is 14.8 Å². The molecule has 44 heavy (non-hydrogen) atoms. The van der Waals surface area contributed by atoms with Crippen LogP contribution in [-0.2, 0) is 17.1 Å². The Morgan fingerprint density at radius 1 is 0.955 bits per heavy atom. The van der Waals surface area contributed by atoms with Crippen molar-refractivity contribution in [2.24, 2.45) is 0 Å². The average Bonchev–Trinajstić information content (AvgIpc) is 3.22. The molecule has 0 aromatic heterocycles. The van der Waals surface area contributed by atoms with Gasteiger partial charge in [0.05, 0.1) is 24.3 Å². The van der Waals surface area contributed by atoms with E-state index in [4.69, 9.17) is 9.47 Å². The monoisotopic (exact) mass is 638 g/mol. The van der Waals surface area contributed by atoms with Gasteiger partial charge in [0.25, 0.3) is 5.91 Å². The second-order valence-electron chi connectivity index (χ2n) is 10.5. The zero-order valence-corrected chi connectivity index (χ0v) is 23.3. The number of alkyl halides is 9. The van der Waals surface area contributed by atoms with Gasteiger partial charge in [0.2, 0.25) is 0 Å². The van der Waals surface area contributed by atoms with Crippen molar-refractivity contribution >= 4 is 17.6 Å². The molecule has 2 atom stereocenters. The van der Waals surface area contributed by atoms with Crippen LogP contribution in [0.1, 0.15) is 71.3 Å². The lowest BCUT2D eigenvalue weighted by Gasteiger charge is -2.28. The molecule has 0 radical (unpaired) electrons. The number of carbonyl (C=O) groups excluding carboxylic acids is 2. The molecule has 1 fully saturated rings. The van der Waals surface area contributed by atoms with Gasteiger partial charge in [-0.2, -0.15) is 39.5 Å². The number of hydrogen-bond donors (Lipinski definition) is 1. The summed E-state index contributed by atoms with van der Waals surface area (Å²) in [6.45, 7) is -0.184. The maximum atomic E-state index is 13.4. The third-order valence-electron chi connectivity index (χ3n) is 7.51. The lowest BCUT2D eigenvalue weighted by atomic mass is 9.85. The Balaban J connectivity index is 1.67. The number of cyclic esters (lactones) is 1. The number of methoxy groups -OCH3 is 1. The number of nitrogens with one attached hydrogen (secondary N) is 1. The highest BCUT2D eigenvalue weighted by atomic mass is 19.4. The number of nitrogens with zero attached hydrogens (tertiary/aromatic N) is 1. The molecule has 2 aliphatic rings. The second kappa shape index (κ2) is 12.2. The Morgan fingerprint density at radius 2 is 1.57 bits per heavy atom. The summed E-state index contributed by atoms with van der Waals surface area (Å²) in [5, 5.41) is 1.80. The van der Waals surface area contributed by atoms with Gasteiger partial charge in [-0.15, -0.1) is 0 Å². The highest BCUT2D eigenvalue weighted by Crippen LogP contribution is 2.43. The van der Waals surface area contributed by atoms with Crippen LogP contribution >= 0.6 is 0 Å². The molecule has 0 saturated carbocycles. The summed E-state index contributed by atoms with van der Waals surface area (Å²) in [6.07, 6.45) is -14.9. The topological polar surface area (TPSA) is 67.9 Å². The van der Waals surface area contributed by atoms with Crippen LogP contribution in [0.2, 0.25) is 0 Å². The summed E-state index contributed by atoms with van der Waals surface area (Å²) < 4.78 is 129. The van der Waals surface area contributed by atoms with Crippen molar-refractivity contribution in [2.75, 3.05) is 20.2 Å². The van der Waals surface area contributed by atoms with Crippen LogP contribution in [-0.4, -0.2) is 49.3 Å². The number of amides is 2. The van der Waals surface area contributed by atoms with Gasteiger partial charge in [-0.05, 0) is 85.7 Å². The van der Waals surface area contributed by atoms with Crippen LogP contribution in [0.4, 0.5) is 44.3 Å². The van der Waals surface area contributed by atoms with Crippen molar-refractivity contribution in [1.82, 2.24) is 10.2 Å². The van der Waals surface area contributed by atoms with Crippen LogP contribution in [0.5, 0.6) is 5.75 Å². The molecular formula is C29H27F9N2O4. The fourth-order valence-electron chi connectivity index (χ4n) is 5.34. The summed E-state index contributed by atoms with van der Waals surface area (Å²) >= 11 is 0. The fraction of sp³-hybridized carbons (Fsp3) is 0.448. The van der Waals surface area contributed by atoms with Gasteiger partial charge in [0.15, 0.2) is 0 Å². The highest BCUT2D eigenvalue weighted by Gasteiger charge is 2.43. The van der Waals surface area contributed by atoms with Crippen molar-refractivity contribution in [3.05, 3.63) is 69.8 Å². The maximum absolute atomic E-state index is 13.4. The summed E-state index contributed by atoms with van der Waals surface area (Å²) in [5.74, 6) is -0.659. The van der Waals surface area contributed by atoms with Crippen LogP contribution in [0.25, 0.3) is 5.57 Å². The van der Waals surface area contributed by atoms with Crippen molar-refractivity contribution in [3.63, 3.8) is 0 Å². The van der Waals surface area contributed by atoms with E-state index in [9.17, 15) is 49.1 Å². The van der Waals surface area contributed by atoms with E-state index >= 15 is 0 Å². The second-order valence-corrected chi connectivity index (χ2v) is 10.5. The highest BCUT2D eigenvalue weighted by molar-refractivity contribution is 5.95. The lowest BCUT2D eigenvalue weighted by Crippen LogP contribution is -2.34. The molecule has 2 aromatic carbocycles. The smallest absolute Gasteiger partial charge is 0.416 e. The van der Waals surface area contributed by atoms with Gasteiger partial charge >= 0.3 is 24.6 Å². The Labute approximate surface area is 245 Å². The van der Waals surface area contributed by atoms with E-state index in [2.05, 4.69) is 0 Å². The summed E-state index contributed by atoms with van der Waals surface area (Å²) in [5.41, 5.74) is -1.87. The Hall–Kier alpha value is -3.91.